The number of nitrogens with one attached hydrogen (secondary N) is 2. The van der Waals surface area contributed by atoms with Crippen molar-refractivity contribution in [3.05, 3.63) is 60.2 Å². The summed E-state index contributed by atoms with van der Waals surface area (Å²) in [6.07, 6.45) is 0. The molecule has 0 bridgehead atoms. The molecule has 6 heteroatoms. The molecule has 0 fully saturated rings. The molecule has 140 valence electrons. The minimum Gasteiger partial charge on any atom is -0.452 e. The van der Waals surface area contributed by atoms with Gasteiger partial charge in [0.2, 0.25) is 0 Å². The first-order valence-electron chi connectivity index (χ1n) is 8.66. The number of amides is 1. The third-order valence-electron chi connectivity index (χ3n) is 4.32. The van der Waals surface area contributed by atoms with Crippen LogP contribution in [-0.2, 0) is 9.53 Å². The standard InChI is InChI=1S/C21H23N3O3/c1-15(2)21(3,14-22)24-19(25)13-27-20(26)17-11-7-8-12-18(17)23-16-9-5-4-6-10-16/h4-12,15,23H,13H2,1-3H3,(H,24,25)/t21-/m1/s1. The van der Waals surface area contributed by atoms with Gasteiger partial charge in [0, 0.05) is 5.69 Å². The third-order valence-corrected chi connectivity index (χ3v) is 4.32. The Bertz CT molecular complexity index is 843. The number of benzene rings is 2. The number of carbonyl (C=O) groups is 2. The van der Waals surface area contributed by atoms with Crippen LogP contribution in [0.25, 0.3) is 0 Å². The molecule has 0 aliphatic carbocycles. The Kier molecular flexibility index (Phi) is 6.56. The number of nitriles is 1. The minimum absolute atomic E-state index is 0.0852. The quantitative estimate of drug-likeness (QED) is 0.731. The molecule has 0 aromatic heterocycles. The average Bonchev–Trinajstić information content (AvgIpc) is 2.67. The van der Waals surface area contributed by atoms with E-state index in [1.165, 1.54) is 0 Å². The molecule has 2 N–H and O–H groups in total. The van der Waals surface area contributed by atoms with Crippen molar-refractivity contribution < 1.29 is 14.3 Å². The highest BCUT2D eigenvalue weighted by Gasteiger charge is 2.30. The van der Waals surface area contributed by atoms with Crippen LogP contribution in [0.4, 0.5) is 11.4 Å². The maximum absolute atomic E-state index is 12.4. The highest BCUT2D eigenvalue weighted by Crippen LogP contribution is 2.21. The molecule has 0 aliphatic rings. The highest BCUT2D eigenvalue weighted by atomic mass is 16.5. The molecule has 0 spiro atoms. The molecule has 0 heterocycles. The summed E-state index contributed by atoms with van der Waals surface area (Å²) < 4.78 is 5.14. The van der Waals surface area contributed by atoms with E-state index in [1.807, 2.05) is 44.2 Å². The van der Waals surface area contributed by atoms with Crippen molar-refractivity contribution in [1.29, 1.82) is 5.26 Å². The van der Waals surface area contributed by atoms with Crippen LogP contribution in [0.5, 0.6) is 0 Å². The zero-order valence-corrected chi connectivity index (χ0v) is 15.7. The lowest BCUT2D eigenvalue weighted by Gasteiger charge is -2.27. The molecule has 1 amide bonds. The van der Waals surface area contributed by atoms with Crippen LogP contribution < -0.4 is 10.6 Å². The molecule has 2 rings (SSSR count). The van der Waals surface area contributed by atoms with Gasteiger partial charge in [0.1, 0.15) is 5.54 Å². The van der Waals surface area contributed by atoms with Gasteiger partial charge >= 0.3 is 5.97 Å². The summed E-state index contributed by atoms with van der Waals surface area (Å²) in [6.45, 7) is 4.85. The summed E-state index contributed by atoms with van der Waals surface area (Å²) in [5.41, 5.74) is 0.715. The van der Waals surface area contributed by atoms with Crippen LogP contribution in [0.2, 0.25) is 0 Å². The average molecular weight is 365 g/mol. The van der Waals surface area contributed by atoms with Crippen LogP contribution in [0, 0.1) is 17.2 Å². The number of nitrogens with zero attached hydrogens (tertiary/aromatic N) is 1. The number of rotatable bonds is 7. The van der Waals surface area contributed by atoms with Crippen LogP contribution in [0.1, 0.15) is 31.1 Å². The van der Waals surface area contributed by atoms with Crippen molar-refractivity contribution in [2.45, 2.75) is 26.3 Å². The van der Waals surface area contributed by atoms with E-state index < -0.39 is 24.0 Å². The minimum atomic E-state index is -1.02. The number of esters is 1. The smallest absolute Gasteiger partial charge is 0.340 e. The van der Waals surface area contributed by atoms with E-state index in [9.17, 15) is 14.9 Å². The second-order valence-electron chi connectivity index (χ2n) is 6.63. The molecule has 0 saturated heterocycles. The van der Waals surface area contributed by atoms with Crippen LogP contribution in [0.15, 0.2) is 54.6 Å². The van der Waals surface area contributed by atoms with Crippen LogP contribution >= 0.6 is 0 Å². The molecule has 0 saturated carbocycles. The summed E-state index contributed by atoms with van der Waals surface area (Å²) in [4.78, 5) is 24.5. The largest absolute Gasteiger partial charge is 0.452 e. The lowest BCUT2D eigenvalue weighted by Crippen LogP contribution is -2.50. The van der Waals surface area contributed by atoms with E-state index in [1.54, 1.807) is 31.2 Å². The van der Waals surface area contributed by atoms with Gasteiger partial charge in [-0.15, -0.1) is 0 Å². The summed E-state index contributed by atoms with van der Waals surface area (Å²) >= 11 is 0. The summed E-state index contributed by atoms with van der Waals surface area (Å²) in [5.74, 6) is -1.22. The second kappa shape index (κ2) is 8.86. The van der Waals surface area contributed by atoms with E-state index in [-0.39, 0.29) is 5.92 Å². The van der Waals surface area contributed by atoms with E-state index in [2.05, 4.69) is 16.7 Å². The number of ether oxygens (including phenoxy) is 1. The number of hydrogen-bond donors (Lipinski definition) is 2. The van der Waals surface area contributed by atoms with Crippen molar-refractivity contribution in [2.24, 2.45) is 5.92 Å². The third kappa shape index (κ3) is 5.32. The normalized spacial score (nSPS) is 12.6. The molecular formula is C21H23N3O3. The van der Waals surface area contributed by atoms with Gasteiger partial charge in [0.25, 0.3) is 5.91 Å². The van der Waals surface area contributed by atoms with E-state index in [0.717, 1.165) is 5.69 Å². The number of para-hydroxylation sites is 2. The van der Waals surface area contributed by atoms with E-state index >= 15 is 0 Å². The Balaban J connectivity index is 2.02. The first-order chi connectivity index (χ1) is 12.9. The maximum atomic E-state index is 12.4. The predicted octanol–water partition coefficient (Wildman–Crippen LogP) is 3.64. The van der Waals surface area contributed by atoms with Crippen molar-refractivity contribution in [2.75, 3.05) is 11.9 Å². The Hall–Kier alpha value is -3.33. The summed E-state index contributed by atoms with van der Waals surface area (Å²) in [6, 6.07) is 18.4. The van der Waals surface area contributed by atoms with Gasteiger partial charge in [0.05, 0.1) is 17.3 Å². The van der Waals surface area contributed by atoms with Gasteiger partial charge in [-0.05, 0) is 37.1 Å². The lowest BCUT2D eigenvalue weighted by molar-refractivity contribution is -0.125. The Morgan fingerprint density at radius 1 is 1.11 bits per heavy atom. The molecule has 2 aromatic carbocycles. The van der Waals surface area contributed by atoms with Gasteiger partial charge in [-0.2, -0.15) is 5.26 Å². The number of anilines is 2. The van der Waals surface area contributed by atoms with Crippen molar-refractivity contribution >= 4 is 23.3 Å². The summed E-state index contributed by atoms with van der Waals surface area (Å²) in [7, 11) is 0. The number of hydrogen-bond acceptors (Lipinski definition) is 5. The second-order valence-corrected chi connectivity index (χ2v) is 6.63. The van der Waals surface area contributed by atoms with E-state index in [4.69, 9.17) is 4.74 Å². The number of carbonyl (C=O) groups excluding carboxylic acids is 2. The predicted molar refractivity (Wildman–Crippen MR) is 103 cm³/mol. The SMILES string of the molecule is CC(C)[C@@](C)(C#N)NC(=O)COC(=O)c1ccccc1Nc1ccccc1. The Labute approximate surface area is 159 Å². The molecule has 27 heavy (non-hydrogen) atoms. The summed E-state index contributed by atoms with van der Waals surface area (Å²) in [5, 5.41) is 15.0. The Morgan fingerprint density at radius 2 is 1.74 bits per heavy atom. The molecule has 0 radical (unpaired) electrons. The maximum Gasteiger partial charge on any atom is 0.340 e. The van der Waals surface area contributed by atoms with Gasteiger partial charge in [-0.1, -0.05) is 44.2 Å². The van der Waals surface area contributed by atoms with Crippen molar-refractivity contribution in [3.63, 3.8) is 0 Å². The van der Waals surface area contributed by atoms with Gasteiger partial charge in [0.15, 0.2) is 6.61 Å². The molecular weight excluding hydrogens is 342 g/mol. The zero-order valence-electron chi connectivity index (χ0n) is 15.7. The fourth-order valence-corrected chi connectivity index (χ4v) is 2.28. The van der Waals surface area contributed by atoms with Gasteiger partial charge < -0.3 is 15.4 Å². The van der Waals surface area contributed by atoms with Crippen LogP contribution in [0.3, 0.4) is 0 Å². The van der Waals surface area contributed by atoms with Crippen molar-refractivity contribution in [1.82, 2.24) is 5.32 Å². The molecule has 0 aliphatic heterocycles. The molecule has 2 aromatic rings. The zero-order chi connectivity index (χ0) is 19.9. The van der Waals surface area contributed by atoms with Crippen LogP contribution in [-0.4, -0.2) is 24.0 Å². The van der Waals surface area contributed by atoms with Crippen molar-refractivity contribution in [3.8, 4) is 6.07 Å². The first kappa shape index (κ1) is 20.0. The topological polar surface area (TPSA) is 91.2 Å². The van der Waals surface area contributed by atoms with E-state index in [0.29, 0.717) is 11.3 Å². The lowest BCUT2D eigenvalue weighted by atomic mass is 9.90. The molecule has 6 nitrogen and oxygen atoms in total. The first-order valence-corrected chi connectivity index (χ1v) is 8.66. The van der Waals surface area contributed by atoms with Gasteiger partial charge in [-0.3, -0.25) is 4.79 Å². The molecule has 1 atom stereocenters. The van der Waals surface area contributed by atoms with Gasteiger partial charge in [-0.25, -0.2) is 4.79 Å². The highest BCUT2D eigenvalue weighted by molar-refractivity contribution is 5.97. The Morgan fingerprint density at radius 3 is 2.37 bits per heavy atom. The fraction of sp³-hybridized carbons (Fsp3) is 0.286. The molecule has 0 unspecified atom stereocenters. The fourth-order valence-electron chi connectivity index (χ4n) is 2.28. The monoisotopic (exact) mass is 365 g/mol.